The van der Waals surface area contributed by atoms with Crippen LogP contribution in [0.1, 0.15) is 27.3 Å². The normalized spacial score (nSPS) is 10.3. The SMILES string of the molecule is COc1ccc(Cc2n[nH]c(C)c2C=O)cc1OC. The van der Waals surface area contributed by atoms with Gasteiger partial charge in [-0.05, 0) is 24.6 Å². The summed E-state index contributed by atoms with van der Waals surface area (Å²) in [6.07, 6.45) is 1.40. The smallest absolute Gasteiger partial charge is 0.160 e. The number of aryl methyl sites for hydroxylation is 1. The van der Waals surface area contributed by atoms with E-state index in [2.05, 4.69) is 10.2 Å². The average Bonchev–Trinajstić information content (AvgIpc) is 2.78. The van der Waals surface area contributed by atoms with Crippen molar-refractivity contribution >= 4 is 6.29 Å². The van der Waals surface area contributed by atoms with E-state index in [0.29, 0.717) is 23.5 Å². The number of methoxy groups -OCH3 is 2. The standard InChI is InChI=1S/C14H16N2O3/c1-9-11(8-17)12(16-15-9)6-10-4-5-13(18-2)14(7-10)19-3/h4-5,7-8H,6H2,1-3H3,(H,15,16). The van der Waals surface area contributed by atoms with Gasteiger partial charge in [0, 0.05) is 12.1 Å². The fourth-order valence-corrected chi connectivity index (χ4v) is 1.96. The molecule has 0 radical (unpaired) electrons. The van der Waals surface area contributed by atoms with Gasteiger partial charge in [0.05, 0.1) is 25.5 Å². The lowest BCUT2D eigenvalue weighted by Gasteiger charge is -2.09. The van der Waals surface area contributed by atoms with Crippen LogP contribution in [0.4, 0.5) is 0 Å². The second-order valence-electron chi connectivity index (χ2n) is 4.19. The van der Waals surface area contributed by atoms with Gasteiger partial charge < -0.3 is 9.47 Å². The van der Waals surface area contributed by atoms with Gasteiger partial charge in [-0.15, -0.1) is 0 Å². The molecule has 2 aromatic rings. The molecule has 1 aromatic heterocycles. The van der Waals surface area contributed by atoms with Crippen molar-refractivity contribution in [1.29, 1.82) is 0 Å². The molecule has 0 aliphatic heterocycles. The first-order valence-corrected chi connectivity index (χ1v) is 5.89. The third-order valence-corrected chi connectivity index (χ3v) is 3.01. The Hall–Kier alpha value is -2.30. The van der Waals surface area contributed by atoms with Crippen molar-refractivity contribution in [3.63, 3.8) is 0 Å². The van der Waals surface area contributed by atoms with E-state index in [1.807, 2.05) is 25.1 Å². The summed E-state index contributed by atoms with van der Waals surface area (Å²) in [4.78, 5) is 11.0. The quantitative estimate of drug-likeness (QED) is 0.836. The van der Waals surface area contributed by atoms with Crippen molar-refractivity contribution in [2.75, 3.05) is 14.2 Å². The lowest BCUT2D eigenvalue weighted by atomic mass is 10.1. The number of ether oxygens (including phenoxy) is 2. The Bertz CT molecular complexity index is 590. The predicted molar refractivity (Wildman–Crippen MR) is 71.1 cm³/mol. The lowest BCUT2D eigenvalue weighted by molar-refractivity contribution is 0.112. The van der Waals surface area contributed by atoms with Crippen molar-refractivity contribution in [2.24, 2.45) is 0 Å². The van der Waals surface area contributed by atoms with Gasteiger partial charge in [-0.25, -0.2) is 0 Å². The maximum atomic E-state index is 11.0. The van der Waals surface area contributed by atoms with E-state index in [4.69, 9.17) is 9.47 Å². The molecule has 0 bridgehead atoms. The highest BCUT2D eigenvalue weighted by Gasteiger charge is 2.11. The number of carbonyl (C=O) groups excluding carboxylic acids is 1. The van der Waals surface area contributed by atoms with Crippen LogP contribution in [0.15, 0.2) is 18.2 Å². The molecule has 2 rings (SSSR count). The van der Waals surface area contributed by atoms with Crippen LogP contribution in [0.5, 0.6) is 11.5 Å². The first-order chi connectivity index (χ1) is 9.19. The molecule has 1 heterocycles. The number of nitrogens with one attached hydrogen (secondary N) is 1. The molecular formula is C14H16N2O3. The molecule has 1 aromatic carbocycles. The van der Waals surface area contributed by atoms with Crippen molar-refractivity contribution in [3.05, 3.63) is 40.7 Å². The maximum absolute atomic E-state index is 11.0. The van der Waals surface area contributed by atoms with Gasteiger partial charge in [0.25, 0.3) is 0 Å². The Morgan fingerprint density at radius 2 is 2.00 bits per heavy atom. The summed E-state index contributed by atoms with van der Waals surface area (Å²) in [7, 11) is 3.19. The number of H-pyrrole nitrogens is 1. The largest absolute Gasteiger partial charge is 0.493 e. The van der Waals surface area contributed by atoms with Crippen LogP contribution >= 0.6 is 0 Å². The third kappa shape index (κ3) is 2.59. The molecule has 5 nitrogen and oxygen atoms in total. The summed E-state index contributed by atoms with van der Waals surface area (Å²) in [5.74, 6) is 1.35. The molecule has 0 saturated heterocycles. The van der Waals surface area contributed by atoms with Gasteiger partial charge in [-0.1, -0.05) is 6.07 Å². The average molecular weight is 260 g/mol. The third-order valence-electron chi connectivity index (χ3n) is 3.01. The molecule has 0 fully saturated rings. The van der Waals surface area contributed by atoms with Crippen LogP contribution in [-0.4, -0.2) is 30.7 Å². The Kier molecular flexibility index (Phi) is 3.85. The monoisotopic (exact) mass is 260 g/mol. The first kappa shape index (κ1) is 13.1. The van der Waals surface area contributed by atoms with E-state index in [9.17, 15) is 4.79 Å². The van der Waals surface area contributed by atoms with Gasteiger partial charge in [-0.2, -0.15) is 5.10 Å². The van der Waals surface area contributed by atoms with Crippen LogP contribution in [0.25, 0.3) is 0 Å². The van der Waals surface area contributed by atoms with Crippen molar-refractivity contribution in [1.82, 2.24) is 10.2 Å². The minimum absolute atomic E-state index is 0.568. The van der Waals surface area contributed by atoms with Crippen LogP contribution in [0, 0.1) is 6.92 Å². The highest BCUT2D eigenvalue weighted by molar-refractivity contribution is 5.78. The second kappa shape index (κ2) is 5.56. The zero-order valence-electron chi connectivity index (χ0n) is 11.2. The summed E-state index contributed by atoms with van der Waals surface area (Å²) in [5, 5.41) is 6.97. The van der Waals surface area contributed by atoms with Gasteiger partial charge in [0.2, 0.25) is 0 Å². The molecule has 0 spiro atoms. The molecule has 19 heavy (non-hydrogen) atoms. The van der Waals surface area contributed by atoms with E-state index in [-0.39, 0.29) is 0 Å². The van der Waals surface area contributed by atoms with E-state index in [1.165, 1.54) is 0 Å². The number of hydrogen-bond donors (Lipinski definition) is 1. The topological polar surface area (TPSA) is 64.2 Å². The van der Waals surface area contributed by atoms with Gasteiger partial charge in [-0.3, -0.25) is 9.89 Å². The zero-order chi connectivity index (χ0) is 13.8. The summed E-state index contributed by atoms with van der Waals surface area (Å²) < 4.78 is 10.4. The molecule has 0 amide bonds. The van der Waals surface area contributed by atoms with Crippen LogP contribution in [-0.2, 0) is 6.42 Å². The lowest BCUT2D eigenvalue weighted by Crippen LogP contribution is -1.96. The minimum atomic E-state index is 0.568. The first-order valence-electron chi connectivity index (χ1n) is 5.89. The summed E-state index contributed by atoms with van der Waals surface area (Å²) >= 11 is 0. The Morgan fingerprint density at radius 3 is 2.63 bits per heavy atom. The van der Waals surface area contributed by atoms with E-state index < -0.39 is 0 Å². The Morgan fingerprint density at radius 1 is 1.26 bits per heavy atom. The Labute approximate surface area is 111 Å². The number of benzene rings is 1. The molecule has 0 aliphatic rings. The Balaban J connectivity index is 2.30. The number of aromatic amines is 1. The number of aldehydes is 1. The molecule has 100 valence electrons. The minimum Gasteiger partial charge on any atom is -0.493 e. The van der Waals surface area contributed by atoms with Crippen LogP contribution in [0.2, 0.25) is 0 Å². The number of aromatic nitrogens is 2. The van der Waals surface area contributed by atoms with Crippen LogP contribution < -0.4 is 9.47 Å². The summed E-state index contributed by atoms with van der Waals surface area (Å²) in [6, 6.07) is 5.66. The molecule has 0 atom stereocenters. The molecule has 0 unspecified atom stereocenters. The maximum Gasteiger partial charge on any atom is 0.160 e. The van der Waals surface area contributed by atoms with Gasteiger partial charge in [0.15, 0.2) is 17.8 Å². The van der Waals surface area contributed by atoms with Crippen LogP contribution in [0.3, 0.4) is 0 Å². The number of nitrogens with zero attached hydrogens (tertiary/aromatic N) is 1. The van der Waals surface area contributed by atoms with E-state index >= 15 is 0 Å². The molecular weight excluding hydrogens is 244 g/mol. The number of rotatable bonds is 5. The summed E-state index contributed by atoms with van der Waals surface area (Å²) in [6.45, 7) is 1.83. The highest BCUT2D eigenvalue weighted by Crippen LogP contribution is 2.28. The van der Waals surface area contributed by atoms with Crippen molar-refractivity contribution in [2.45, 2.75) is 13.3 Å². The van der Waals surface area contributed by atoms with E-state index in [0.717, 1.165) is 23.2 Å². The number of carbonyl (C=O) groups is 1. The summed E-state index contributed by atoms with van der Waals surface area (Å²) in [5.41, 5.74) is 3.15. The van der Waals surface area contributed by atoms with Gasteiger partial charge >= 0.3 is 0 Å². The fourth-order valence-electron chi connectivity index (χ4n) is 1.96. The predicted octanol–water partition coefficient (Wildman–Crippen LogP) is 2.14. The number of hydrogen-bond acceptors (Lipinski definition) is 4. The van der Waals surface area contributed by atoms with Crippen molar-refractivity contribution in [3.8, 4) is 11.5 Å². The zero-order valence-corrected chi connectivity index (χ0v) is 11.2. The van der Waals surface area contributed by atoms with E-state index in [1.54, 1.807) is 14.2 Å². The molecule has 0 saturated carbocycles. The fraction of sp³-hybridized carbons (Fsp3) is 0.286. The molecule has 5 heteroatoms. The molecule has 1 N–H and O–H groups in total. The molecule has 0 aliphatic carbocycles. The second-order valence-corrected chi connectivity index (χ2v) is 4.19. The van der Waals surface area contributed by atoms with Gasteiger partial charge in [0.1, 0.15) is 0 Å². The highest BCUT2D eigenvalue weighted by atomic mass is 16.5. The van der Waals surface area contributed by atoms with Crippen molar-refractivity contribution < 1.29 is 14.3 Å².